The van der Waals surface area contributed by atoms with Gasteiger partial charge in [0.1, 0.15) is 0 Å². The summed E-state index contributed by atoms with van der Waals surface area (Å²) in [7, 11) is 0. The fourth-order valence-corrected chi connectivity index (χ4v) is 4.55. The number of carbonyl (C=O) groups is 2. The Morgan fingerprint density at radius 3 is 2.66 bits per heavy atom. The molecule has 0 aliphatic carbocycles. The van der Waals surface area contributed by atoms with Crippen LogP contribution in [-0.4, -0.2) is 51.8 Å². The number of imidazole rings is 1. The zero-order chi connectivity index (χ0) is 20.8. The van der Waals surface area contributed by atoms with E-state index < -0.39 is 0 Å². The van der Waals surface area contributed by atoms with Crippen LogP contribution in [0.2, 0.25) is 0 Å². The third-order valence-electron chi connectivity index (χ3n) is 5.34. The van der Waals surface area contributed by atoms with Gasteiger partial charge < -0.3 is 14.2 Å². The topological polar surface area (TPSA) is 64.4 Å². The van der Waals surface area contributed by atoms with E-state index in [1.165, 1.54) is 11.8 Å². The molecule has 0 unspecified atom stereocenters. The highest BCUT2D eigenvalue weighted by molar-refractivity contribution is 7.99. The summed E-state index contributed by atoms with van der Waals surface area (Å²) in [5.74, 6) is 0.880. The number of hydrogen-bond acceptors (Lipinski definition) is 5. The summed E-state index contributed by atoms with van der Waals surface area (Å²) in [5.41, 5.74) is 2.10. The highest BCUT2D eigenvalue weighted by atomic mass is 32.2. The molecule has 0 radical (unpaired) electrons. The molecule has 29 heavy (non-hydrogen) atoms. The van der Waals surface area contributed by atoms with Gasteiger partial charge in [-0.2, -0.15) is 0 Å². The Morgan fingerprint density at radius 2 is 1.97 bits per heavy atom. The zero-order valence-electron chi connectivity index (χ0n) is 17.6. The second-order valence-electron chi connectivity index (χ2n) is 7.91. The molecule has 2 heterocycles. The predicted molar refractivity (Wildman–Crippen MR) is 116 cm³/mol. The second-order valence-corrected chi connectivity index (χ2v) is 8.86. The molecular weight excluding hydrogens is 386 g/mol. The third kappa shape index (κ3) is 5.53. The smallest absolute Gasteiger partial charge is 0.309 e. The van der Waals surface area contributed by atoms with Crippen LogP contribution in [0.3, 0.4) is 0 Å². The molecule has 1 fully saturated rings. The summed E-state index contributed by atoms with van der Waals surface area (Å²) in [6.45, 7) is 8.80. The van der Waals surface area contributed by atoms with Gasteiger partial charge in [0.05, 0.1) is 29.3 Å². The number of thioether (sulfide) groups is 1. The molecule has 3 rings (SSSR count). The molecule has 1 amide bonds. The van der Waals surface area contributed by atoms with E-state index in [9.17, 15) is 9.59 Å². The maximum atomic E-state index is 12.7. The zero-order valence-corrected chi connectivity index (χ0v) is 18.4. The lowest BCUT2D eigenvalue weighted by Crippen LogP contribution is -2.41. The van der Waals surface area contributed by atoms with Crippen LogP contribution in [0, 0.1) is 11.8 Å². The van der Waals surface area contributed by atoms with Gasteiger partial charge in [-0.25, -0.2) is 4.98 Å². The van der Waals surface area contributed by atoms with Gasteiger partial charge in [0.25, 0.3) is 0 Å². The molecule has 1 aliphatic heterocycles. The second kappa shape index (κ2) is 10.1. The Hall–Kier alpha value is -2.02. The number of ether oxygens (including phenoxy) is 1. The lowest BCUT2D eigenvalue weighted by atomic mass is 9.97. The van der Waals surface area contributed by atoms with Crippen LogP contribution >= 0.6 is 11.8 Å². The SMILES string of the molecule is CCOC(=O)C1CCN(C(=O)CSc2nc3ccccc3n2CCC(C)C)CC1. The van der Waals surface area contributed by atoms with Crippen molar-refractivity contribution in [2.75, 3.05) is 25.4 Å². The summed E-state index contributed by atoms with van der Waals surface area (Å²) in [6.07, 6.45) is 2.44. The Bertz CT molecular complexity index is 841. The molecule has 0 spiro atoms. The van der Waals surface area contributed by atoms with Crippen LogP contribution in [0.15, 0.2) is 29.4 Å². The number of piperidine rings is 1. The van der Waals surface area contributed by atoms with Crippen molar-refractivity contribution >= 4 is 34.7 Å². The fraction of sp³-hybridized carbons (Fsp3) is 0.591. The van der Waals surface area contributed by atoms with Crippen molar-refractivity contribution in [3.05, 3.63) is 24.3 Å². The molecular formula is C22H31N3O3S. The van der Waals surface area contributed by atoms with Crippen LogP contribution < -0.4 is 0 Å². The largest absolute Gasteiger partial charge is 0.466 e. The highest BCUT2D eigenvalue weighted by Gasteiger charge is 2.28. The molecule has 7 heteroatoms. The molecule has 6 nitrogen and oxygen atoms in total. The summed E-state index contributed by atoms with van der Waals surface area (Å²) < 4.78 is 7.34. The molecule has 0 N–H and O–H groups in total. The minimum Gasteiger partial charge on any atom is -0.466 e. The van der Waals surface area contributed by atoms with Gasteiger partial charge in [0.15, 0.2) is 5.16 Å². The number of nitrogens with zero attached hydrogens (tertiary/aromatic N) is 3. The quantitative estimate of drug-likeness (QED) is 0.480. The normalized spacial score (nSPS) is 15.2. The first kappa shape index (κ1) is 21.7. The van der Waals surface area contributed by atoms with Gasteiger partial charge in [0, 0.05) is 19.6 Å². The number of fused-ring (bicyclic) bond motifs is 1. The van der Waals surface area contributed by atoms with Crippen LogP contribution in [0.25, 0.3) is 11.0 Å². The van der Waals surface area contributed by atoms with Crippen LogP contribution in [0.1, 0.15) is 40.0 Å². The number of aromatic nitrogens is 2. The molecule has 1 aromatic carbocycles. The number of likely N-dealkylation sites (tertiary alicyclic amines) is 1. The summed E-state index contributed by atoms with van der Waals surface area (Å²) >= 11 is 1.51. The van der Waals surface area contributed by atoms with Gasteiger partial charge in [-0.3, -0.25) is 9.59 Å². The number of aryl methyl sites for hydroxylation is 1. The Kier molecular flexibility index (Phi) is 7.58. The lowest BCUT2D eigenvalue weighted by Gasteiger charge is -2.30. The molecule has 1 aliphatic rings. The third-order valence-corrected chi connectivity index (χ3v) is 6.30. The van der Waals surface area contributed by atoms with E-state index in [4.69, 9.17) is 9.72 Å². The number of amides is 1. The van der Waals surface area contributed by atoms with Gasteiger partial charge in [-0.05, 0) is 44.2 Å². The first-order valence-electron chi connectivity index (χ1n) is 10.5. The molecule has 0 saturated carbocycles. The lowest BCUT2D eigenvalue weighted by molar-refractivity contribution is -0.151. The number of para-hydroxylation sites is 2. The van der Waals surface area contributed by atoms with Crippen LogP contribution in [0.5, 0.6) is 0 Å². The average molecular weight is 418 g/mol. The number of esters is 1. The Balaban J connectivity index is 1.59. The van der Waals surface area contributed by atoms with Crippen molar-refractivity contribution < 1.29 is 14.3 Å². The maximum absolute atomic E-state index is 12.7. The average Bonchev–Trinajstić information content (AvgIpc) is 3.08. The summed E-state index contributed by atoms with van der Waals surface area (Å²) in [6, 6.07) is 8.14. The highest BCUT2D eigenvalue weighted by Crippen LogP contribution is 2.26. The van der Waals surface area contributed by atoms with Gasteiger partial charge in [-0.15, -0.1) is 0 Å². The first-order chi connectivity index (χ1) is 14.0. The monoisotopic (exact) mass is 417 g/mol. The van der Waals surface area contributed by atoms with Crippen molar-refractivity contribution in [2.45, 2.75) is 51.7 Å². The van der Waals surface area contributed by atoms with E-state index in [2.05, 4.69) is 24.5 Å². The van der Waals surface area contributed by atoms with Crippen molar-refractivity contribution in [1.82, 2.24) is 14.5 Å². The van der Waals surface area contributed by atoms with Gasteiger partial charge >= 0.3 is 5.97 Å². The van der Waals surface area contributed by atoms with Gasteiger partial charge in [0.2, 0.25) is 5.91 Å². The van der Waals surface area contributed by atoms with Crippen LogP contribution in [-0.2, 0) is 20.9 Å². The van der Waals surface area contributed by atoms with E-state index in [1.807, 2.05) is 30.0 Å². The van der Waals surface area contributed by atoms with Crippen LogP contribution in [0.4, 0.5) is 0 Å². The predicted octanol–water partition coefficient (Wildman–Crippen LogP) is 3.98. The van der Waals surface area contributed by atoms with Crippen molar-refractivity contribution in [1.29, 1.82) is 0 Å². The number of hydrogen-bond donors (Lipinski definition) is 0. The van der Waals surface area contributed by atoms with Crippen molar-refractivity contribution in [3.63, 3.8) is 0 Å². The first-order valence-corrected chi connectivity index (χ1v) is 11.5. The fourth-order valence-electron chi connectivity index (χ4n) is 3.61. The summed E-state index contributed by atoms with van der Waals surface area (Å²) in [5, 5.41) is 0.904. The Labute approximate surface area is 177 Å². The number of rotatable bonds is 8. The molecule has 1 saturated heterocycles. The molecule has 158 valence electrons. The Morgan fingerprint density at radius 1 is 1.24 bits per heavy atom. The molecule has 0 atom stereocenters. The van der Waals surface area contributed by atoms with E-state index in [0.717, 1.165) is 29.2 Å². The van der Waals surface area contributed by atoms with E-state index >= 15 is 0 Å². The molecule has 0 bridgehead atoms. The van der Waals surface area contributed by atoms with Crippen molar-refractivity contribution in [2.24, 2.45) is 11.8 Å². The van der Waals surface area contributed by atoms with E-state index in [-0.39, 0.29) is 17.8 Å². The molecule has 1 aromatic heterocycles. The number of carbonyl (C=O) groups excluding carboxylic acids is 2. The standard InChI is InChI=1S/C22H31N3O3S/c1-4-28-21(27)17-10-12-24(13-11-17)20(26)15-29-22-23-18-7-5-6-8-19(18)25(22)14-9-16(2)3/h5-8,16-17H,4,9-15H2,1-3H3. The van der Waals surface area contributed by atoms with E-state index in [0.29, 0.717) is 44.2 Å². The maximum Gasteiger partial charge on any atom is 0.309 e. The number of benzene rings is 1. The minimum atomic E-state index is -0.132. The minimum absolute atomic E-state index is 0.0770. The molecule has 2 aromatic rings. The van der Waals surface area contributed by atoms with Crippen molar-refractivity contribution in [3.8, 4) is 0 Å². The van der Waals surface area contributed by atoms with Gasteiger partial charge in [-0.1, -0.05) is 37.7 Å². The summed E-state index contributed by atoms with van der Waals surface area (Å²) in [4.78, 5) is 31.2. The van der Waals surface area contributed by atoms with E-state index in [1.54, 1.807) is 0 Å².